The van der Waals surface area contributed by atoms with E-state index in [1.807, 2.05) is 18.2 Å². The summed E-state index contributed by atoms with van der Waals surface area (Å²) in [5.74, 6) is 0.132. The zero-order valence-electron chi connectivity index (χ0n) is 17.6. The quantitative estimate of drug-likeness (QED) is 0.165. The monoisotopic (exact) mass is 361 g/mol. The normalized spacial score (nSPS) is 12.7. The molecule has 0 bridgehead atoms. The van der Waals surface area contributed by atoms with E-state index in [9.17, 15) is 4.79 Å². The topological polar surface area (TPSA) is 43.1 Å². The predicted octanol–water partition coefficient (Wildman–Crippen LogP) is 7.26. The highest BCUT2D eigenvalue weighted by Gasteiger charge is 2.05. The van der Waals surface area contributed by atoms with Gasteiger partial charge in [-0.3, -0.25) is 4.79 Å². The van der Waals surface area contributed by atoms with Crippen LogP contribution in [0.25, 0.3) is 0 Å². The van der Waals surface area contributed by atoms with Crippen molar-refractivity contribution in [2.24, 2.45) is 11.7 Å². The SMILES string of the molecule is CCCCCCCCCCCCCC=CC=CC=C(CC(C)C)C(N)=O. The number of nitrogens with two attached hydrogens (primary N) is 1. The third-order valence-electron chi connectivity index (χ3n) is 4.57. The number of allylic oxidation sites excluding steroid dienone is 5. The fraction of sp³-hybridized carbons (Fsp3) is 0.708. The molecular formula is C24H43NO. The summed E-state index contributed by atoms with van der Waals surface area (Å²) in [4.78, 5) is 11.3. The molecule has 2 nitrogen and oxygen atoms in total. The molecule has 0 aromatic heterocycles. The van der Waals surface area contributed by atoms with E-state index >= 15 is 0 Å². The molecule has 0 radical (unpaired) electrons. The first kappa shape index (κ1) is 24.7. The van der Waals surface area contributed by atoms with E-state index in [0.29, 0.717) is 11.5 Å². The predicted molar refractivity (Wildman–Crippen MR) is 116 cm³/mol. The highest BCUT2D eigenvalue weighted by Crippen LogP contribution is 2.12. The lowest BCUT2D eigenvalue weighted by Crippen LogP contribution is -2.15. The first-order chi connectivity index (χ1) is 12.6. The molecule has 0 aliphatic rings. The van der Waals surface area contributed by atoms with Gasteiger partial charge in [0.2, 0.25) is 5.91 Å². The summed E-state index contributed by atoms with van der Waals surface area (Å²) < 4.78 is 0. The Morgan fingerprint density at radius 3 is 1.85 bits per heavy atom. The van der Waals surface area contributed by atoms with Crippen LogP contribution in [0.5, 0.6) is 0 Å². The highest BCUT2D eigenvalue weighted by molar-refractivity contribution is 5.92. The lowest BCUT2D eigenvalue weighted by molar-refractivity contribution is -0.114. The Kier molecular flexibility index (Phi) is 17.5. The van der Waals surface area contributed by atoms with E-state index in [1.54, 1.807) is 0 Å². The number of unbranched alkanes of at least 4 members (excludes halogenated alkanes) is 11. The first-order valence-corrected chi connectivity index (χ1v) is 10.9. The molecule has 0 unspecified atom stereocenters. The number of primary amides is 1. The lowest BCUT2D eigenvalue weighted by Gasteiger charge is -2.04. The van der Waals surface area contributed by atoms with Gasteiger partial charge in [-0.15, -0.1) is 0 Å². The van der Waals surface area contributed by atoms with E-state index in [2.05, 4.69) is 32.9 Å². The fourth-order valence-electron chi connectivity index (χ4n) is 3.03. The largest absolute Gasteiger partial charge is 0.366 e. The molecule has 0 aromatic carbocycles. The van der Waals surface area contributed by atoms with Gasteiger partial charge in [0, 0.05) is 5.57 Å². The van der Waals surface area contributed by atoms with Gasteiger partial charge in [0.05, 0.1) is 0 Å². The number of hydrogen-bond acceptors (Lipinski definition) is 1. The fourth-order valence-corrected chi connectivity index (χ4v) is 3.03. The molecule has 0 heterocycles. The maximum atomic E-state index is 11.3. The zero-order valence-corrected chi connectivity index (χ0v) is 17.6. The third kappa shape index (κ3) is 17.5. The van der Waals surface area contributed by atoms with Gasteiger partial charge < -0.3 is 5.73 Å². The molecule has 2 N–H and O–H groups in total. The van der Waals surface area contributed by atoms with Crippen LogP contribution in [0.15, 0.2) is 36.0 Å². The minimum atomic E-state index is -0.312. The molecule has 0 aliphatic heterocycles. The molecule has 0 atom stereocenters. The molecule has 0 saturated carbocycles. The van der Waals surface area contributed by atoms with Gasteiger partial charge in [-0.25, -0.2) is 0 Å². The van der Waals surface area contributed by atoms with Crippen molar-refractivity contribution >= 4 is 5.91 Å². The van der Waals surface area contributed by atoms with Crippen LogP contribution in [0.3, 0.4) is 0 Å². The molecular weight excluding hydrogens is 318 g/mol. The van der Waals surface area contributed by atoms with Crippen LogP contribution >= 0.6 is 0 Å². The summed E-state index contributed by atoms with van der Waals surface area (Å²) in [6, 6.07) is 0. The Morgan fingerprint density at radius 1 is 0.808 bits per heavy atom. The summed E-state index contributed by atoms with van der Waals surface area (Å²) in [7, 11) is 0. The van der Waals surface area contributed by atoms with Crippen LogP contribution in [0.2, 0.25) is 0 Å². The number of carbonyl (C=O) groups is 1. The van der Waals surface area contributed by atoms with Gasteiger partial charge in [0.1, 0.15) is 0 Å². The second-order valence-electron chi connectivity index (χ2n) is 7.79. The summed E-state index contributed by atoms with van der Waals surface area (Å²) in [6.45, 7) is 6.46. The Morgan fingerprint density at radius 2 is 1.35 bits per heavy atom. The third-order valence-corrected chi connectivity index (χ3v) is 4.57. The number of hydrogen-bond donors (Lipinski definition) is 1. The molecule has 0 saturated heterocycles. The van der Waals surface area contributed by atoms with Crippen molar-refractivity contribution in [3.05, 3.63) is 36.0 Å². The Hall–Kier alpha value is -1.31. The van der Waals surface area contributed by atoms with Crippen molar-refractivity contribution in [1.29, 1.82) is 0 Å². The molecule has 150 valence electrons. The van der Waals surface area contributed by atoms with Crippen molar-refractivity contribution in [3.8, 4) is 0 Å². The highest BCUT2D eigenvalue weighted by atomic mass is 16.1. The molecule has 1 amide bonds. The summed E-state index contributed by atoms with van der Waals surface area (Å²) in [5, 5.41) is 0. The van der Waals surface area contributed by atoms with E-state index in [4.69, 9.17) is 5.73 Å². The molecule has 26 heavy (non-hydrogen) atoms. The van der Waals surface area contributed by atoms with Crippen LogP contribution in [0, 0.1) is 5.92 Å². The standard InChI is InChI=1S/C24H43NO/c1-4-5-6-7-8-9-10-11-12-13-14-15-16-17-18-19-20-23(24(25)26)21-22(2)3/h16-20,22H,4-15,21H2,1-3H3,(H2,25,26). The van der Waals surface area contributed by atoms with Gasteiger partial charge >= 0.3 is 0 Å². The van der Waals surface area contributed by atoms with E-state index in [0.717, 1.165) is 12.8 Å². The van der Waals surface area contributed by atoms with Crippen molar-refractivity contribution in [2.45, 2.75) is 104 Å². The van der Waals surface area contributed by atoms with Gasteiger partial charge in [0.25, 0.3) is 0 Å². The van der Waals surface area contributed by atoms with Crippen molar-refractivity contribution in [1.82, 2.24) is 0 Å². The van der Waals surface area contributed by atoms with Crippen LogP contribution in [0.4, 0.5) is 0 Å². The summed E-state index contributed by atoms with van der Waals surface area (Å²) in [6.07, 6.45) is 27.2. The van der Waals surface area contributed by atoms with Gasteiger partial charge in [0.15, 0.2) is 0 Å². The number of rotatable bonds is 17. The Labute approximate surface area is 163 Å². The number of amides is 1. The van der Waals surface area contributed by atoms with Gasteiger partial charge in [-0.2, -0.15) is 0 Å². The molecule has 0 rings (SSSR count). The van der Waals surface area contributed by atoms with Crippen LogP contribution < -0.4 is 5.73 Å². The summed E-state index contributed by atoms with van der Waals surface area (Å²) in [5.41, 5.74) is 6.10. The maximum Gasteiger partial charge on any atom is 0.244 e. The van der Waals surface area contributed by atoms with Crippen molar-refractivity contribution in [2.75, 3.05) is 0 Å². The van der Waals surface area contributed by atoms with Gasteiger partial charge in [-0.05, 0) is 25.2 Å². The molecule has 0 spiro atoms. The molecule has 0 aliphatic carbocycles. The van der Waals surface area contributed by atoms with Crippen molar-refractivity contribution in [3.63, 3.8) is 0 Å². The molecule has 0 fully saturated rings. The average Bonchev–Trinajstić information content (AvgIpc) is 2.59. The molecule has 0 aromatic rings. The lowest BCUT2D eigenvalue weighted by atomic mass is 10.0. The van der Waals surface area contributed by atoms with Crippen LogP contribution in [-0.2, 0) is 4.79 Å². The number of carbonyl (C=O) groups excluding carboxylic acids is 1. The smallest absolute Gasteiger partial charge is 0.244 e. The van der Waals surface area contributed by atoms with E-state index in [1.165, 1.54) is 70.6 Å². The zero-order chi connectivity index (χ0) is 19.5. The molecule has 2 heteroatoms. The Balaban J connectivity index is 3.59. The van der Waals surface area contributed by atoms with Crippen LogP contribution in [-0.4, -0.2) is 5.91 Å². The second-order valence-corrected chi connectivity index (χ2v) is 7.79. The minimum absolute atomic E-state index is 0.312. The Bertz CT molecular complexity index is 418. The van der Waals surface area contributed by atoms with Gasteiger partial charge in [-0.1, -0.05) is 115 Å². The second kappa shape index (κ2) is 18.5. The average molecular weight is 362 g/mol. The summed E-state index contributed by atoms with van der Waals surface area (Å²) >= 11 is 0. The van der Waals surface area contributed by atoms with Crippen molar-refractivity contribution < 1.29 is 4.79 Å². The van der Waals surface area contributed by atoms with E-state index < -0.39 is 0 Å². The van der Waals surface area contributed by atoms with Crippen LogP contribution in [0.1, 0.15) is 104 Å². The maximum absolute atomic E-state index is 11.3. The van der Waals surface area contributed by atoms with E-state index in [-0.39, 0.29) is 5.91 Å². The first-order valence-electron chi connectivity index (χ1n) is 10.9. The minimum Gasteiger partial charge on any atom is -0.366 e.